The van der Waals surface area contributed by atoms with Gasteiger partial charge in [0.2, 0.25) is 0 Å². The summed E-state index contributed by atoms with van der Waals surface area (Å²) in [6.07, 6.45) is 4.31. The highest BCUT2D eigenvalue weighted by Crippen LogP contribution is 2.53. The van der Waals surface area contributed by atoms with E-state index >= 15 is 0 Å². The minimum atomic E-state index is -4.70. The fourth-order valence-corrected chi connectivity index (χ4v) is 6.35. The smallest absolute Gasteiger partial charge is 0.328 e. The minimum absolute atomic E-state index is 0.0346. The van der Waals surface area contributed by atoms with Gasteiger partial charge in [0.25, 0.3) is 5.91 Å². The molecule has 1 aliphatic carbocycles. The van der Waals surface area contributed by atoms with Crippen molar-refractivity contribution in [1.82, 2.24) is 24.3 Å². The first kappa shape index (κ1) is 27.1. The summed E-state index contributed by atoms with van der Waals surface area (Å²) < 4.78 is 46.7. The molecule has 1 unspecified atom stereocenters. The molecule has 1 saturated carbocycles. The molecular formula is C31H23F3N6O2S. The zero-order valence-electron chi connectivity index (χ0n) is 22.8. The molecule has 1 N–H and O–H groups in total. The first-order valence-electron chi connectivity index (χ1n) is 13.6. The number of hydrogen-bond acceptors (Lipinski definition) is 6. The number of nitrogens with zero attached hydrogens (tertiary/aromatic N) is 5. The zero-order chi connectivity index (χ0) is 29.9. The first-order chi connectivity index (χ1) is 20.7. The quantitative estimate of drug-likeness (QED) is 0.201. The van der Waals surface area contributed by atoms with Crippen LogP contribution in [0.1, 0.15) is 69.3 Å². The highest BCUT2D eigenvalue weighted by Gasteiger charge is 2.50. The summed E-state index contributed by atoms with van der Waals surface area (Å²) in [5.74, 6) is 5.24. The fourth-order valence-electron chi connectivity index (χ4n) is 5.81. The standard InChI is InChI=1S/C31H23F3N6O2S/c1-18-21(7-6-19-2-4-20(16-41)5-3-19)14-23(31(32,33)34)22-15-40(38-25(18)22)27(28(42)37-29-35-12-13-43-29)26-24-8-9-30(10-11-30)39(24)17-36-26/h2-5,12-17,27H,8-11H2,1H3,(H,35,37,42). The summed E-state index contributed by atoms with van der Waals surface area (Å²) in [6.45, 7) is 1.66. The van der Waals surface area contributed by atoms with Gasteiger partial charge in [0.1, 0.15) is 6.29 Å². The average molecular weight is 601 g/mol. The van der Waals surface area contributed by atoms with Crippen LogP contribution in [0.2, 0.25) is 0 Å². The van der Waals surface area contributed by atoms with Crippen LogP contribution in [0, 0.1) is 18.8 Å². The summed E-state index contributed by atoms with van der Waals surface area (Å²) in [5, 5.41) is 9.34. The predicted molar refractivity (Wildman–Crippen MR) is 154 cm³/mol. The SMILES string of the molecule is Cc1c(C#Cc2ccc(C=O)cc2)cc(C(F)(F)F)c2cn(C(C(=O)Nc3nccs3)c3ncn4c3CCC43CC3)nc12. The number of fused-ring (bicyclic) bond motifs is 3. The molecule has 2 aromatic carbocycles. The number of aromatic nitrogens is 5. The second kappa shape index (κ2) is 9.91. The number of rotatable bonds is 5. The van der Waals surface area contributed by atoms with Crippen molar-refractivity contribution in [3.8, 4) is 11.8 Å². The second-order valence-corrected chi connectivity index (χ2v) is 11.8. The van der Waals surface area contributed by atoms with Crippen LogP contribution >= 0.6 is 11.3 Å². The van der Waals surface area contributed by atoms with E-state index in [1.165, 1.54) is 22.2 Å². The van der Waals surface area contributed by atoms with Gasteiger partial charge in [-0.2, -0.15) is 18.3 Å². The van der Waals surface area contributed by atoms with E-state index in [-0.39, 0.29) is 22.0 Å². The number of carbonyl (C=O) groups is 2. The number of nitrogens with one attached hydrogen (secondary N) is 1. The molecule has 43 heavy (non-hydrogen) atoms. The van der Waals surface area contributed by atoms with Crippen LogP contribution in [0.3, 0.4) is 0 Å². The van der Waals surface area contributed by atoms with Crippen molar-refractivity contribution in [2.45, 2.75) is 50.4 Å². The van der Waals surface area contributed by atoms with Crippen molar-refractivity contribution in [2.24, 2.45) is 0 Å². The molecule has 3 aromatic heterocycles. The Bertz CT molecular complexity index is 1960. The molecule has 1 aliphatic heterocycles. The van der Waals surface area contributed by atoms with E-state index in [1.54, 1.807) is 49.1 Å². The van der Waals surface area contributed by atoms with Crippen LogP contribution in [0.4, 0.5) is 18.3 Å². The van der Waals surface area contributed by atoms with E-state index in [0.29, 0.717) is 33.8 Å². The Hall–Kier alpha value is -4.76. The van der Waals surface area contributed by atoms with Gasteiger partial charge in [-0.25, -0.2) is 9.97 Å². The molecule has 1 fully saturated rings. The molecule has 1 atom stereocenters. The van der Waals surface area contributed by atoms with Crippen LogP contribution in [0.5, 0.6) is 0 Å². The van der Waals surface area contributed by atoms with Crippen LogP contribution in [0.15, 0.2) is 54.4 Å². The number of aryl methyl sites for hydroxylation is 1. The maximum Gasteiger partial charge on any atom is 0.417 e. The minimum Gasteiger partial charge on any atom is -0.328 e. The van der Waals surface area contributed by atoms with Gasteiger partial charge in [-0.3, -0.25) is 19.6 Å². The summed E-state index contributed by atoms with van der Waals surface area (Å²) in [4.78, 5) is 33.5. The summed E-state index contributed by atoms with van der Waals surface area (Å²) in [7, 11) is 0. The molecule has 8 nitrogen and oxygen atoms in total. The molecular weight excluding hydrogens is 577 g/mol. The zero-order valence-corrected chi connectivity index (χ0v) is 23.6. The maximum atomic E-state index is 14.4. The molecule has 216 valence electrons. The van der Waals surface area contributed by atoms with E-state index in [2.05, 4.69) is 36.8 Å². The summed E-state index contributed by atoms with van der Waals surface area (Å²) in [5.41, 5.74) is 2.22. The number of amides is 1. The van der Waals surface area contributed by atoms with Gasteiger partial charge < -0.3 is 4.57 Å². The van der Waals surface area contributed by atoms with Crippen LogP contribution in [-0.2, 0) is 22.9 Å². The lowest BCUT2D eigenvalue weighted by Gasteiger charge is -2.16. The number of carbonyl (C=O) groups excluding carboxylic acids is 2. The Labute approximate surface area is 247 Å². The van der Waals surface area contributed by atoms with Crippen LogP contribution in [-0.4, -0.2) is 36.5 Å². The van der Waals surface area contributed by atoms with Gasteiger partial charge in [-0.15, -0.1) is 11.3 Å². The number of alkyl halides is 3. The van der Waals surface area contributed by atoms with Crippen molar-refractivity contribution in [2.75, 3.05) is 5.32 Å². The van der Waals surface area contributed by atoms with Crippen LogP contribution in [0.25, 0.3) is 10.9 Å². The molecule has 5 aromatic rings. The normalized spacial score (nSPS) is 15.6. The third-order valence-electron chi connectivity index (χ3n) is 8.26. The summed E-state index contributed by atoms with van der Waals surface area (Å²) in [6, 6.07) is 6.34. The third kappa shape index (κ3) is 4.70. The number of benzene rings is 2. The Morgan fingerprint density at radius 3 is 2.63 bits per heavy atom. The monoisotopic (exact) mass is 600 g/mol. The highest BCUT2D eigenvalue weighted by atomic mass is 32.1. The number of thiazole rings is 1. The topological polar surface area (TPSA) is 94.7 Å². The van der Waals surface area contributed by atoms with E-state index in [0.717, 1.165) is 37.4 Å². The fraction of sp³-hybridized carbons (Fsp3) is 0.258. The van der Waals surface area contributed by atoms with E-state index in [9.17, 15) is 22.8 Å². The second-order valence-electron chi connectivity index (χ2n) is 10.9. The van der Waals surface area contributed by atoms with Crippen molar-refractivity contribution in [3.05, 3.63) is 93.6 Å². The number of aldehydes is 1. The lowest BCUT2D eigenvalue weighted by atomic mass is 10.00. The van der Waals surface area contributed by atoms with Gasteiger partial charge in [-0.1, -0.05) is 24.0 Å². The molecule has 0 saturated heterocycles. The molecule has 2 aliphatic rings. The van der Waals surface area contributed by atoms with Gasteiger partial charge in [0.05, 0.1) is 23.1 Å². The van der Waals surface area contributed by atoms with Crippen LogP contribution < -0.4 is 5.32 Å². The molecule has 7 rings (SSSR count). The largest absolute Gasteiger partial charge is 0.417 e. The molecule has 0 radical (unpaired) electrons. The number of anilines is 1. The number of imidazole rings is 1. The lowest BCUT2D eigenvalue weighted by molar-refractivity contribution is -0.136. The van der Waals surface area contributed by atoms with Gasteiger partial charge in [0.15, 0.2) is 11.2 Å². The molecule has 0 bridgehead atoms. The number of halogens is 3. The van der Waals surface area contributed by atoms with Crippen molar-refractivity contribution in [1.29, 1.82) is 0 Å². The van der Waals surface area contributed by atoms with E-state index in [1.807, 2.05) is 0 Å². The van der Waals surface area contributed by atoms with E-state index < -0.39 is 23.7 Å². The Morgan fingerprint density at radius 2 is 1.95 bits per heavy atom. The molecule has 1 spiro atoms. The predicted octanol–water partition coefficient (Wildman–Crippen LogP) is 5.89. The van der Waals surface area contributed by atoms with Gasteiger partial charge in [0, 0.05) is 51.1 Å². The van der Waals surface area contributed by atoms with Crippen molar-refractivity contribution in [3.63, 3.8) is 0 Å². The highest BCUT2D eigenvalue weighted by molar-refractivity contribution is 7.13. The lowest BCUT2D eigenvalue weighted by Crippen LogP contribution is -2.28. The molecule has 1 amide bonds. The van der Waals surface area contributed by atoms with E-state index in [4.69, 9.17) is 0 Å². The Kier molecular flexibility index (Phi) is 6.25. The number of hydrogen-bond donors (Lipinski definition) is 1. The third-order valence-corrected chi connectivity index (χ3v) is 8.95. The first-order valence-corrected chi connectivity index (χ1v) is 14.5. The Balaban J connectivity index is 1.36. The maximum absolute atomic E-state index is 14.4. The van der Waals surface area contributed by atoms with Crippen molar-refractivity contribution < 1.29 is 22.8 Å². The average Bonchev–Trinajstić information content (AvgIpc) is 3.39. The Morgan fingerprint density at radius 1 is 1.16 bits per heavy atom. The molecule has 4 heterocycles. The van der Waals surface area contributed by atoms with Crippen molar-refractivity contribution >= 4 is 39.6 Å². The molecule has 12 heteroatoms. The van der Waals surface area contributed by atoms with Gasteiger partial charge >= 0.3 is 6.18 Å². The van der Waals surface area contributed by atoms with Gasteiger partial charge in [-0.05, 0) is 56.4 Å². The summed E-state index contributed by atoms with van der Waals surface area (Å²) >= 11 is 1.24.